The smallest absolute Gasteiger partial charge is 0.129 e. The number of rotatable bonds is 8. The lowest BCUT2D eigenvalue weighted by molar-refractivity contribution is 0.390. The van der Waals surface area contributed by atoms with Crippen LogP contribution in [-0.2, 0) is 5.41 Å². The van der Waals surface area contributed by atoms with Crippen molar-refractivity contribution in [1.82, 2.24) is 0 Å². The predicted molar refractivity (Wildman–Crippen MR) is 190 cm³/mol. The molecule has 0 amide bonds. The molecule has 0 heterocycles. The zero-order valence-electron chi connectivity index (χ0n) is 26.9. The SMILES string of the molecule is Cc1cc(C)c(O)c(C=NC2CCCC[C@H]2N=Cc2cc(C)cc(C(c3ccccc3)(c3ccccc3)c3ccccc3)c2O)c1. The van der Waals surface area contributed by atoms with Crippen LogP contribution in [0.15, 0.2) is 125 Å². The lowest BCUT2D eigenvalue weighted by Gasteiger charge is -2.37. The third kappa shape index (κ3) is 6.12. The average molecular weight is 607 g/mol. The summed E-state index contributed by atoms with van der Waals surface area (Å²) in [4.78, 5) is 10.0. The largest absolute Gasteiger partial charge is 0.507 e. The van der Waals surface area contributed by atoms with E-state index in [0.29, 0.717) is 5.56 Å². The van der Waals surface area contributed by atoms with Crippen LogP contribution in [0.5, 0.6) is 11.5 Å². The van der Waals surface area contributed by atoms with Crippen molar-refractivity contribution in [3.05, 3.63) is 165 Å². The Bertz CT molecular complexity index is 1750. The van der Waals surface area contributed by atoms with E-state index in [1.54, 1.807) is 0 Å². The van der Waals surface area contributed by atoms with Crippen molar-refractivity contribution >= 4 is 12.4 Å². The summed E-state index contributed by atoms with van der Waals surface area (Å²) in [5, 5.41) is 22.8. The molecule has 6 rings (SSSR count). The summed E-state index contributed by atoms with van der Waals surface area (Å²) < 4.78 is 0. The van der Waals surface area contributed by atoms with Gasteiger partial charge in [-0.2, -0.15) is 0 Å². The van der Waals surface area contributed by atoms with Gasteiger partial charge in [0, 0.05) is 29.1 Å². The molecular formula is C42H42N2O2. The Kier molecular flexibility index (Phi) is 9.16. The van der Waals surface area contributed by atoms with Crippen molar-refractivity contribution in [2.75, 3.05) is 0 Å². The van der Waals surface area contributed by atoms with Crippen LogP contribution >= 0.6 is 0 Å². The van der Waals surface area contributed by atoms with Crippen LogP contribution < -0.4 is 0 Å². The lowest BCUT2D eigenvalue weighted by Crippen LogP contribution is -2.31. The van der Waals surface area contributed by atoms with E-state index in [4.69, 9.17) is 9.98 Å². The fourth-order valence-electron chi connectivity index (χ4n) is 7.10. The number of aliphatic imine (C=N–C) groups is 2. The predicted octanol–water partition coefficient (Wildman–Crippen LogP) is 9.25. The number of phenolic OH excluding ortho intramolecular Hbond substituents is 2. The van der Waals surface area contributed by atoms with E-state index in [1.807, 2.05) is 62.7 Å². The van der Waals surface area contributed by atoms with E-state index < -0.39 is 5.41 Å². The highest BCUT2D eigenvalue weighted by molar-refractivity contribution is 5.86. The maximum Gasteiger partial charge on any atom is 0.129 e. The van der Waals surface area contributed by atoms with Gasteiger partial charge in [0.1, 0.15) is 11.5 Å². The molecule has 2 atom stereocenters. The first-order chi connectivity index (χ1) is 22.4. The summed E-state index contributed by atoms with van der Waals surface area (Å²) in [7, 11) is 0. The standard InChI is InChI=1S/C42H42N2O2/c1-29-23-31(3)40(45)32(24-29)27-43-38-21-13-14-22-39(38)44-28-33-25-30(2)26-37(41(33)46)42(34-15-7-4-8-16-34,35-17-9-5-10-18-35)36-19-11-6-12-20-36/h4-12,15-20,23-28,38-39,45-46H,13-14,21-22H2,1-3H3/t38?,39-/m1/s1. The van der Waals surface area contributed by atoms with Gasteiger partial charge in [-0.15, -0.1) is 0 Å². The number of hydrogen-bond donors (Lipinski definition) is 2. The number of aryl methyl sites for hydroxylation is 3. The number of phenols is 2. The molecule has 1 aliphatic rings. The second-order valence-corrected chi connectivity index (χ2v) is 12.6. The minimum Gasteiger partial charge on any atom is -0.507 e. The Morgan fingerprint density at radius 2 is 0.978 bits per heavy atom. The van der Waals surface area contributed by atoms with Crippen LogP contribution in [0.3, 0.4) is 0 Å². The summed E-state index contributed by atoms with van der Waals surface area (Å²) in [5.41, 5.74) is 7.72. The zero-order chi connectivity index (χ0) is 32.1. The van der Waals surface area contributed by atoms with Gasteiger partial charge in [0.05, 0.1) is 17.5 Å². The summed E-state index contributed by atoms with van der Waals surface area (Å²) >= 11 is 0. The fourth-order valence-corrected chi connectivity index (χ4v) is 7.10. The van der Waals surface area contributed by atoms with E-state index in [1.165, 1.54) is 0 Å². The van der Waals surface area contributed by atoms with Crippen LogP contribution in [0.4, 0.5) is 0 Å². The molecule has 1 unspecified atom stereocenters. The normalized spacial score (nSPS) is 17.1. The second kappa shape index (κ2) is 13.6. The fraction of sp³-hybridized carbons (Fsp3) is 0.238. The van der Waals surface area contributed by atoms with Crippen molar-refractivity contribution in [2.45, 2.75) is 64.0 Å². The van der Waals surface area contributed by atoms with Gasteiger partial charge in [0.15, 0.2) is 0 Å². The Morgan fingerprint density at radius 1 is 0.565 bits per heavy atom. The summed E-state index contributed by atoms with van der Waals surface area (Å²) in [6.45, 7) is 6.02. The van der Waals surface area contributed by atoms with E-state index in [9.17, 15) is 10.2 Å². The van der Waals surface area contributed by atoms with Crippen molar-refractivity contribution in [3.63, 3.8) is 0 Å². The van der Waals surface area contributed by atoms with Gasteiger partial charge in [0.25, 0.3) is 0 Å². The Morgan fingerprint density at radius 3 is 1.43 bits per heavy atom. The highest BCUT2D eigenvalue weighted by Gasteiger charge is 2.40. The van der Waals surface area contributed by atoms with Gasteiger partial charge in [-0.3, -0.25) is 9.98 Å². The number of hydrogen-bond acceptors (Lipinski definition) is 4. The molecule has 0 aromatic heterocycles. The van der Waals surface area contributed by atoms with Crippen molar-refractivity contribution < 1.29 is 10.2 Å². The van der Waals surface area contributed by atoms with Crippen LogP contribution in [0.25, 0.3) is 0 Å². The highest BCUT2D eigenvalue weighted by Crippen LogP contribution is 2.49. The average Bonchev–Trinajstić information content (AvgIpc) is 3.08. The van der Waals surface area contributed by atoms with Crippen molar-refractivity contribution in [1.29, 1.82) is 0 Å². The molecule has 1 aliphatic carbocycles. The van der Waals surface area contributed by atoms with Crippen molar-refractivity contribution in [2.24, 2.45) is 9.98 Å². The molecule has 2 N–H and O–H groups in total. The van der Waals surface area contributed by atoms with Gasteiger partial charge in [-0.1, -0.05) is 116 Å². The zero-order valence-corrected chi connectivity index (χ0v) is 26.9. The molecule has 5 aromatic carbocycles. The molecule has 1 fully saturated rings. The van der Waals surface area contributed by atoms with E-state index in [2.05, 4.69) is 85.8 Å². The Hall–Kier alpha value is -4.96. The molecule has 0 saturated heterocycles. The first kappa shape index (κ1) is 31.0. The van der Waals surface area contributed by atoms with E-state index in [-0.39, 0.29) is 23.6 Å². The Labute approximate surface area is 272 Å². The van der Waals surface area contributed by atoms with Gasteiger partial charge >= 0.3 is 0 Å². The molecule has 0 radical (unpaired) electrons. The molecule has 4 nitrogen and oxygen atoms in total. The molecule has 46 heavy (non-hydrogen) atoms. The molecule has 0 spiro atoms. The molecule has 4 heteroatoms. The maximum absolute atomic E-state index is 12.2. The number of aromatic hydroxyl groups is 2. The van der Waals surface area contributed by atoms with Crippen LogP contribution in [0, 0.1) is 20.8 Å². The summed E-state index contributed by atoms with van der Waals surface area (Å²) in [5.74, 6) is 0.503. The Balaban J connectivity index is 1.44. The van der Waals surface area contributed by atoms with Crippen LogP contribution in [0.1, 0.15) is 75.8 Å². The topological polar surface area (TPSA) is 65.2 Å². The molecule has 0 aliphatic heterocycles. The van der Waals surface area contributed by atoms with Gasteiger partial charge in [-0.25, -0.2) is 0 Å². The highest BCUT2D eigenvalue weighted by atomic mass is 16.3. The monoisotopic (exact) mass is 606 g/mol. The molecular weight excluding hydrogens is 564 g/mol. The van der Waals surface area contributed by atoms with E-state index >= 15 is 0 Å². The third-order valence-electron chi connectivity index (χ3n) is 9.29. The van der Waals surface area contributed by atoms with Gasteiger partial charge < -0.3 is 10.2 Å². The quantitative estimate of drug-likeness (QED) is 0.137. The van der Waals surface area contributed by atoms with Crippen LogP contribution in [0.2, 0.25) is 0 Å². The maximum atomic E-state index is 12.2. The lowest BCUT2D eigenvalue weighted by atomic mass is 9.64. The van der Waals surface area contributed by atoms with Gasteiger partial charge in [0.2, 0.25) is 0 Å². The third-order valence-corrected chi connectivity index (χ3v) is 9.29. The minimum atomic E-state index is -0.756. The van der Waals surface area contributed by atoms with E-state index in [0.717, 1.165) is 70.2 Å². The van der Waals surface area contributed by atoms with Gasteiger partial charge in [-0.05, 0) is 79.1 Å². The minimum absolute atomic E-state index is 0.00804. The summed E-state index contributed by atoms with van der Waals surface area (Å²) in [6.07, 6.45) is 7.72. The first-order valence-corrected chi connectivity index (χ1v) is 16.2. The van der Waals surface area contributed by atoms with Crippen molar-refractivity contribution in [3.8, 4) is 11.5 Å². The molecule has 1 saturated carbocycles. The number of benzene rings is 5. The number of nitrogens with zero attached hydrogens (tertiary/aromatic N) is 2. The van der Waals surface area contributed by atoms with Crippen LogP contribution in [-0.4, -0.2) is 34.7 Å². The first-order valence-electron chi connectivity index (χ1n) is 16.2. The molecule has 5 aromatic rings. The second-order valence-electron chi connectivity index (χ2n) is 12.6. The molecule has 0 bridgehead atoms. The molecule has 232 valence electrons. The summed E-state index contributed by atoms with van der Waals surface area (Å²) in [6, 6.07) is 39.4.